The largest absolute Gasteiger partial charge is 0.619 e. The average molecular weight is 362 g/mol. The van der Waals surface area contributed by atoms with Crippen molar-refractivity contribution in [2.45, 2.75) is 6.42 Å². The molecule has 1 amide bonds. The number of halogens is 1. The van der Waals surface area contributed by atoms with Crippen LogP contribution in [0.3, 0.4) is 0 Å². The van der Waals surface area contributed by atoms with Crippen molar-refractivity contribution in [1.29, 1.82) is 0 Å². The van der Waals surface area contributed by atoms with Crippen LogP contribution >= 0.6 is 22.9 Å². The summed E-state index contributed by atoms with van der Waals surface area (Å²) in [5.41, 5.74) is 0.570. The minimum atomic E-state index is -3.21. The summed E-state index contributed by atoms with van der Waals surface area (Å²) in [6, 6.07) is 3.26. The van der Waals surface area contributed by atoms with Gasteiger partial charge in [0.2, 0.25) is 5.91 Å². The van der Waals surface area contributed by atoms with Crippen molar-refractivity contribution in [2.24, 2.45) is 0 Å². The zero-order chi connectivity index (χ0) is 16.3. The Morgan fingerprint density at radius 1 is 1.55 bits per heavy atom. The molecule has 0 radical (unpaired) electrons. The Kier molecular flexibility index (Phi) is 4.99. The summed E-state index contributed by atoms with van der Waals surface area (Å²) in [6.45, 7) is 0. The molecule has 0 fully saturated rings. The van der Waals surface area contributed by atoms with Crippen molar-refractivity contribution < 1.29 is 17.9 Å². The van der Waals surface area contributed by atoms with E-state index in [1.54, 1.807) is 12.1 Å². The second-order valence-corrected chi connectivity index (χ2v) is 8.14. The molecule has 10 heteroatoms. The van der Waals surface area contributed by atoms with E-state index in [1.165, 1.54) is 12.4 Å². The van der Waals surface area contributed by atoms with Crippen molar-refractivity contribution in [3.05, 3.63) is 34.9 Å². The van der Waals surface area contributed by atoms with Gasteiger partial charge < -0.3 is 10.5 Å². The molecule has 0 unspecified atom stereocenters. The lowest BCUT2D eigenvalue weighted by Crippen LogP contribution is -2.23. The number of carbonyl (C=O) groups excluding carboxylic acids is 1. The van der Waals surface area contributed by atoms with E-state index in [1.807, 2.05) is 0 Å². The maximum absolute atomic E-state index is 11.7. The fraction of sp³-hybridized carbons (Fsp3) is 0.250. The highest BCUT2D eigenvalue weighted by molar-refractivity contribution is 7.90. The summed E-state index contributed by atoms with van der Waals surface area (Å²) in [5.74, 6) is -0.703. The highest BCUT2D eigenvalue weighted by Gasteiger charge is 2.16. The van der Waals surface area contributed by atoms with Gasteiger partial charge in [0.05, 0.1) is 11.3 Å². The molecule has 2 heterocycles. The number of hydrogen-bond acceptors (Lipinski definition) is 6. The van der Waals surface area contributed by atoms with Crippen LogP contribution in [0, 0.1) is 5.21 Å². The lowest BCUT2D eigenvalue weighted by atomic mass is 10.3. The number of aromatic nitrogens is 2. The van der Waals surface area contributed by atoms with Crippen LogP contribution in [-0.2, 0) is 14.6 Å². The third-order valence-corrected chi connectivity index (χ3v) is 4.91. The second kappa shape index (κ2) is 6.59. The van der Waals surface area contributed by atoms with Gasteiger partial charge in [0, 0.05) is 18.7 Å². The summed E-state index contributed by atoms with van der Waals surface area (Å²) in [4.78, 5) is 15.8. The minimum Gasteiger partial charge on any atom is -0.619 e. The molecule has 7 nitrogen and oxygen atoms in total. The van der Waals surface area contributed by atoms with Gasteiger partial charge in [0.25, 0.3) is 0 Å². The number of amides is 1. The number of rotatable bonds is 5. The van der Waals surface area contributed by atoms with Crippen LogP contribution in [0.25, 0.3) is 10.6 Å². The number of carbonyl (C=O) groups is 1. The Labute approximate surface area is 136 Å². The molecule has 2 rings (SSSR count). The highest BCUT2D eigenvalue weighted by Crippen LogP contribution is 2.34. The van der Waals surface area contributed by atoms with Crippen LogP contribution in [-0.4, -0.2) is 31.3 Å². The maximum atomic E-state index is 11.7. The number of sulfone groups is 1. The Morgan fingerprint density at radius 3 is 2.91 bits per heavy atom. The Morgan fingerprint density at radius 2 is 2.27 bits per heavy atom. The Balaban J connectivity index is 2.12. The van der Waals surface area contributed by atoms with E-state index in [0.29, 0.717) is 20.3 Å². The smallest absolute Gasteiger partial charge is 0.226 e. The molecule has 0 aliphatic heterocycles. The number of nitrogens with zero attached hydrogens (tertiary/aromatic N) is 2. The third kappa shape index (κ3) is 4.65. The van der Waals surface area contributed by atoms with Crippen LogP contribution in [0.4, 0.5) is 5.00 Å². The highest BCUT2D eigenvalue weighted by atomic mass is 35.5. The number of hydrogen-bond donors (Lipinski definition) is 1. The number of nitrogens with one attached hydrogen (secondary N) is 1. The van der Waals surface area contributed by atoms with E-state index in [4.69, 9.17) is 11.6 Å². The van der Waals surface area contributed by atoms with Crippen LogP contribution in [0.15, 0.2) is 24.5 Å². The SMILES string of the molecule is CS(=O)(=O)CCC(=O)Nc1sc(-c2ccc[n+]([O-])c2)nc1Cl. The molecule has 0 spiro atoms. The molecular weight excluding hydrogens is 350 g/mol. The molecule has 0 saturated carbocycles. The maximum Gasteiger partial charge on any atom is 0.226 e. The van der Waals surface area contributed by atoms with E-state index in [9.17, 15) is 18.4 Å². The molecule has 0 aliphatic rings. The van der Waals surface area contributed by atoms with E-state index in [0.717, 1.165) is 17.6 Å². The lowest BCUT2D eigenvalue weighted by molar-refractivity contribution is -0.604. The first kappa shape index (κ1) is 16.7. The minimum absolute atomic E-state index is 0.0917. The molecule has 0 aliphatic carbocycles. The van der Waals surface area contributed by atoms with E-state index in [2.05, 4.69) is 10.3 Å². The molecular formula is C12H12ClN3O4S2. The monoisotopic (exact) mass is 361 g/mol. The van der Waals surface area contributed by atoms with Crippen molar-refractivity contribution >= 4 is 43.7 Å². The predicted octanol–water partition coefficient (Wildman–Crippen LogP) is 1.47. The van der Waals surface area contributed by atoms with Crippen LogP contribution < -0.4 is 10.0 Å². The van der Waals surface area contributed by atoms with Crippen LogP contribution in [0.5, 0.6) is 0 Å². The summed E-state index contributed by atoms with van der Waals surface area (Å²) >= 11 is 7.06. The summed E-state index contributed by atoms with van der Waals surface area (Å²) in [6.07, 6.45) is 3.58. The molecule has 1 N–H and O–H groups in total. The molecule has 2 aromatic heterocycles. The molecule has 0 atom stereocenters. The van der Waals surface area contributed by atoms with Crippen molar-refractivity contribution in [1.82, 2.24) is 4.98 Å². The van der Waals surface area contributed by atoms with Crippen LogP contribution in [0.1, 0.15) is 6.42 Å². The molecule has 0 saturated heterocycles. The van der Waals surface area contributed by atoms with Gasteiger partial charge in [0.15, 0.2) is 17.5 Å². The fourth-order valence-corrected chi connectivity index (χ4v) is 3.27. The third-order valence-electron chi connectivity index (χ3n) is 2.56. The van der Waals surface area contributed by atoms with Gasteiger partial charge in [-0.05, 0) is 6.07 Å². The number of pyridine rings is 1. The topological polar surface area (TPSA) is 103 Å². The first-order valence-electron chi connectivity index (χ1n) is 6.08. The summed E-state index contributed by atoms with van der Waals surface area (Å²) < 4.78 is 22.7. The van der Waals surface area contributed by atoms with Crippen molar-refractivity contribution in [3.63, 3.8) is 0 Å². The average Bonchev–Trinajstić information content (AvgIpc) is 2.77. The first-order chi connectivity index (χ1) is 10.2. The molecule has 118 valence electrons. The zero-order valence-electron chi connectivity index (χ0n) is 11.4. The Hall–Kier alpha value is -1.71. The molecule has 0 aromatic carbocycles. The normalized spacial score (nSPS) is 11.4. The summed E-state index contributed by atoms with van der Waals surface area (Å²) in [5, 5.41) is 14.7. The van der Waals surface area contributed by atoms with Gasteiger partial charge in [-0.3, -0.25) is 4.79 Å². The lowest BCUT2D eigenvalue weighted by Gasteiger charge is -2.01. The zero-order valence-corrected chi connectivity index (χ0v) is 13.8. The van der Waals surface area contributed by atoms with Gasteiger partial charge in [0.1, 0.15) is 19.8 Å². The number of anilines is 1. The Bertz CT molecular complexity index is 804. The fourth-order valence-electron chi connectivity index (χ4n) is 1.55. The molecule has 0 bridgehead atoms. The van der Waals surface area contributed by atoms with Crippen molar-refractivity contribution in [3.8, 4) is 10.6 Å². The van der Waals surface area contributed by atoms with Gasteiger partial charge >= 0.3 is 0 Å². The van der Waals surface area contributed by atoms with E-state index in [-0.39, 0.29) is 17.3 Å². The van der Waals surface area contributed by atoms with Gasteiger partial charge in [-0.2, -0.15) is 4.73 Å². The second-order valence-electron chi connectivity index (χ2n) is 4.52. The quantitative estimate of drug-likeness (QED) is 0.641. The summed E-state index contributed by atoms with van der Waals surface area (Å²) in [7, 11) is -3.21. The van der Waals surface area contributed by atoms with Gasteiger partial charge in [-0.1, -0.05) is 22.9 Å². The van der Waals surface area contributed by atoms with E-state index >= 15 is 0 Å². The molecule has 22 heavy (non-hydrogen) atoms. The standard InChI is InChI=1S/C12H12ClN3O4S2/c1-22(19,20)6-4-9(17)14-12-10(13)15-11(21-12)8-3-2-5-16(18)7-8/h2-3,5,7H,4,6H2,1H3,(H,14,17). The van der Waals surface area contributed by atoms with Crippen LogP contribution in [0.2, 0.25) is 5.15 Å². The predicted molar refractivity (Wildman–Crippen MR) is 84.5 cm³/mol. The van der Waals surface area contributed by atoms with Gasteiger partial charge in [-0.25, -0.2) is 13.4 Å². The van der Waals surface area contributed by atoms with Gasteiger partial charge in [-0.15, -0.1) is 0 Å². The van der Waals surface area contributed by atoms with E-state index < -0.39 is 15.7 Å². The number of thiazole rings is 1. The first-order valence-corrected chi connectivity index (χ1v) is 9.33. The molecule has 2 aromatic rings. The van der Waals surface area contributed by atoms with Crippen molar-refractivity contribution in [2.75, 3.05) is 17.3 Å².